The van der Waals surface area contributed by atoms with Crippen molar-refractivity contribution in [1.29, 1.82) is 0 Å². The highest BCUT2D eigenvalue weighted by atomic mass is 35.5. The van der Waals surface area contributed by atoms with E-state index in [1.165, 1.54) is 56.9 Å². The zero-order chi connectivity index (χ0) is 38.0. The van der Waals surface area contributed by atoms with E-state index in [0.717, 1.165) is 49.2 Å². The van der Waals surface area contributed by atoms with Crippen molar-refractivity contribution in [3.8, 4) is 11.4 Å². The summed E-state index contributed by atoms with van der Waals surface area (Å²) < 4.78 is 0. The summed E-state index contributed by atoms with van der Waals surface area (Å²) in [7, 11) is 0. The van der Waals surface area contributed by atoms with Gasteiger partial charge in [0.25, 0.3) is 0 Å². The third-order valence-electron chi connectivity index (χ3n) is 9.72. The molecule has 4 atom stereocenters. The van der Waals surface area contributed by atoms with E-state index in [2.05, 4.69) is 48.2 Å². The Morgan fingerprint density at radius 2 is 1.24 bits per heavy atom. The quantitative estimate of drug-likeness (QED) is 0.227. The zero-order valence-electron chi connectivity index (χ0n) is 32.6. The van der Waals surface area contributed by atoms with Gasteiger partial charge >= 0.3 is 0 Å². The van der Waals surface area contributed by atoms with Crippen LogP contribution in [0, 0.1) is 36.5 Å². The number of carbonyl (C=O) groups is 3. The first-order valence-corrected chi connectivity index (χ1v) is 19.9. The van der Waals surface area contributed by atoms with Crippen molar-refractivity contribution in [2.75, 3.05) is 5.32 Å². The Bertz CT molecular complexity index is 1330. The lowest BCUT2D eigenvalue weighted by molar-refractivity contribution is -0.123. The maximum absolute atomic E-state index is 12.4. The summed E-state index contributed by atoms with van der Waals surface area (Å²) in [5.41, 5.74) is 8.32. The Hall–Kier alpha value is -3.45. The molecule has 3 aliphatic rings. The molecule has 6 rings (SSSR count). The van der Waals surface area contributed by atoms with Gasteiger partial charge in [-0.1, -0.05) is 122 Å². The summed E-state index contributed by atoms with van der Waals surface area (Å²) >= 11 is 5.41. The van der Waals surface area contributed by atoms with Crippen molar-refractivity contribution in [1.82, 2.24) is 9.97 Å². The van der Waals surface area contributed by atoms with Gasteiger partial charge in [-0.05, 0) is 93.2 Å². The second kappa shape index (κ2) is 27.2. The number of aromatic nitrogens is 2. The van der Waals surface area contributed by atoms with Crippen LogP contribution in [0.4, 0.5) is 5.69 Å². The molecule has 8 heteroatoms. The standard InChI is InChI=1S/C17H21N3O.C8H13ClO.C7H13NO.C7H8.2C2H6/c1-12-4-2-3-5-15(12)17(21)20-14-8-6-13(7-9-14)16-18-10-11-19-16;1-6-4-2-3-5-7(6)8(9)10;8-7(9)6-4-2-1-3-5-6;1-7-5-3-2-4-6-7;2*1-2/h6-12,15H,2-5H2,1H3,(H,18,19)(H,20,21);6-7H,2-5H2,1H3;6H,1-5H2,(H2,8,9);2-6H,1H3;2*1-2H3. The molecule has 0 radical (unpaired) electrons. The predicted octanol–water partition coefficient (Wildman–Crippen LogP) is 11.5. The molecule has 4 N–H and O–H groups in total. The van der Waals surface area contributed by atoms with Crippen LogP contribution in [0.2, 0.25) is 0 Å². The van der Waals surface area contributed by atoms with Crippen LogP contribution in [0.15, 0.2) is 67.0 Å². The second-order valence-electron chi connectivity index (χ2n) is 13.4. The minimum atomic E-state index is -0.132. The van der Waals surface area contributed by atoms with Crippen molar-refractivity contribution in [2.45, 2.75) is 132 Å². The van der Waals surface area contributed by atoms with E-state index >= 15 is 0 Å². The number of aromatic amines is 1. The molecule has 0 saturated heterocycles. The molecule has 2 amide bonds. The van der Waals surface area contributed by atoms with E-state index in [9.17, 15) is 14.4 Å². The minimum absolute atomic E-state index is 0.102. The fourth-order valence-corrected chi connectivity index (χ4v) is 6.97. The number of primary amides is 1. The summed E-state index contributed by atoms with van der Waals surface area (Å²) in [6.45, 7) is 14.4. The Kier molecular flexibility index (Phi) is 24.3. The van der Waals surface area contributed by atoms with Gasteiger partial charge in [-0.3, -0.25) is 14.4 Å². The van der Waals surface area contributed by atoms with E-state index in [-0.39, 0.29) is 34.8 Å². The number of halogens is 1. The molecular weight excluding hydrogens is 656 g/mol. The molecule has 3 saturated carbocycles. The third-order valence-corrected chi connectivity index (χ3v) is 10.0. The Labute approximate surface area is 314 Å². The molecule has 284 valence electrons. The third kappa shape index (κ3) is 18.0. The molecule has 2 aromatic carbocycles. The number of amides is 2. The largest absolute Gasteiger partial charge is 0.369 e. The second-order valence-corrected chi connectivity index (χ2v) is 13.8. The summed E-state index contributed by atoms with van der Waals surface area (Å²) in [5.74, 6) is 2.40. The van der Waals surface area contributed by atoms with E-state index < -0.39 is 0 Å². The number of H-pyrrole nitrogens is 1. The number of benzene rings is 2. The Morgan fingerprint density at radius 1 is 0.725 bits per heavy atom. The Morgan fingerprint density at radius 3 is 1.63 bits per heavy atom. The number of aryl methyl sites for hydroxylation is 1. The maximum atomic E-state index is 12.4. The van der Waals surface area contributed by atoms with Crippen LogP contribution in [0.25, 0.3) is 11.4 Å². The van der Waals surface area contributed by atoms with Gasteiger partial charge in [0.05, 0.1) is 0 Å². The molecule has 51 heavy (non-hydrogen) atoms. The number of imidazole rings is 1. The van der Waals surface area contributed by atoms with Crippen molar-refractivity contribution < 1.29 is 14.4 Å². The van der Waals surface area contributed by atoms with Gasteiger partial charge < -0.3 is 16.0 Å². The van der Waals surface area contributed by atoms with Crippen molar-refractivity contribution >= 4 is 34.3 Å². The van der Waals surface area contributed by atoms with Gasteiger partial charge in [0.15, 0.2) is 0 Å². The zero-order valence-corrected chi connectivity index (χ0v) is 33.3. The number of rotatable bonds is 5. The summed E-state index contributed by atoms with van der Waals surface area (Å²) in [6.07, 6.45) is 18.4. The highest BCUT2D eigenvalue weighted by molar-refractivity contribution is 6.64. The predicted molar refractivity (Wildman–Crippen MR) is 215 cm³/mol. The topological polar surface area (TPSA) is 118 Å². The number of nitrogens with zero attached hydrogens (tertiary/aromatic N) is 1. The normalized spacial score (nSPS) is 20.9. The highest BCUT2D eigenvalue weighted by Crippen LogP contribution is 2.32. The smallest absolute Gasteiger partial charge is 0.227 e. The SMILES string of the molecule is CC.CC.CC1CCCCC1C(=O)Cl.CC1CCCCC1C(=O)Nc1ccc(-c2ncc[nH]2)cc1.Cc1ccccc1.NC(=O)C1CCCCC1. The first-order chi connectivity index (χ1) is 24.7. The Balaban J connectivity index is 0.000000363. The maximum Gasteiger partial charge on any atom is 0.227 e. The van der Waals surface area contributed by atoms with Crippen molar-refractivity contribution in [3.63, 3.8) is 0 Å². The molecule has 0 aliphatic heterocycles. The van der Waals surface area contributed by atoms with E-state index in [4.69, 9.17) is 17.3 Å². The number of nitrogens with one attached hydrogen (secondary N) is 2. The molecule has 1 aromatic heterocycles. The number of nitrogens with two attached hydrogens (primary N) is 1. The number of hydrogen-bond acceptors (Lipinski definition) is 4. The monoisotopic (exact) mass is 722 g/mol. The van der Waals surface area contributed by atoms with E-state index in [0.29, 0.717) is 11.8 Å². The molecule has 0 spiro atoms. The highest BCUT2D eigenvalue weighted by Gasteiger charge is 2.28. The van der Waals surface area contributed by atoms with Crippen LogP contribution < -0.4 is 11.1 Å². The summed E-state index contributed by atoms with van der Waals surface area (Å²) in [6, 6.07) is 18.1. The van der Waals surface area contributed by atoms with Crippen LogP contribution >= 0.6 is 11.6 Å². The average molecular weight is 723 g/mol. The first kappa shape index (κ1) is 45.6. The molecule has 4 unspecified atom stereocenters. The summed E-state index contributed by atoms with van der Waals surface area (Å²) in [4.78, 5) is 41.0. The molecule has 0 bridgehead atoms. The van der Waals surface area contributed by atoms with Crippen LogP contribution in [0.1, 0.15) is 131 Å². The lowest BCUT2D eigenvalue weighted by Gasteiger charge is -2.27. The fourth-order valence-electron chi connectivity index (χ4n) is 6.65. The molecule has 3 aliphatic carbocycles. The van der Waals surface area contributed by atoms with Crippen LogP contribution in [0.3, 0.4) is 0 Å². The van der Waals surface area contributed by atoms with Gasteiger partial charge in [-0.15, -0.1) is 0 Å². The molecular formula is C43H67ClN4O3. The van der Waals surface area contributed by atoms with Crippen LogP contribution in [0.5, 0.6) is 0 Å². The van der Waals surface area contributed by atoms with E-state index in [1.807, 2.05) is 70.2 Å². The van der Waals surface area contributed by atoms with Gasteiger partial charge in [0.2, 0.25) is 17.1 Å². The molecule has 3 fully saturated rings. The number of hydrogen-bond donors (Lipinski definition) is 3. The van der Waals surface area contributed by atoms with Gasteiger partial charge in [-0.25, -0.2) is 4.98 Å². The van der Waals surface area contributed by atoms with E-state index in [1.54, 1.807) is 12.4 Å². The first-order valence-electron chi connectivity index (χ1n) is 19.6. The molecule has 7 nitrogen and oxygen atoms in total. The van der Waals surface area contributed by atoms with Crippen LogP contribution in [-0.2, 0) is 14.4 Å². The molecule has 1 heterocycles. The lowest BCUT2D eigenvalue weighted by Crippen LogP contribution is -2.30. The lowest BCUT2D eigenvalue weighted by atomic mass is 9.80. The van der Waals surface area contributed by atoms with Crippen LogP contribution in [-0.4, -0.2) is 27.0 Å². The number of carbonyl (C=O) groups excluding carboxylic acids is 3. The fraction of sp³-hybridized carbons (Fsp3) is 0.581. The van der Waals surface area contributed by atoms with Gasteiger partial charge in [-0.2, -0.15) is 0 Å². The average Bonchev–Trinajstić information content (AvgIpc) is 3.71. The molecule has 3 aromatic rings. The number of anilines is 1. The minimum Gasteiger partial charge on any atom is -0.369 e. The van der Waals surface area contributed by atoms with Crippen molar-refractivity contribution in [3.05, 3.63) is 72.6 Å². The van der Waals surface area contributed by atoms with Crippen molar-refractivity contribution in [2.24, 2.45) is 35.3 Å². The van der Waals surface area contributed by atoms with Gasteiger partial charge in [0.1, 0.15) is 5.82 Å². The van der Waals surface area contributed by atoms with Gasteiger partial charge in [0, 0.05) is 41.4 Å². The summed E-state index contributed by atoms with van der Waals surface area (Å²) in [5, 5.41) is 2.91.